The number of fused-ring (bicyclic) bond motifs is 1. The van der Waals surface area contributed by atoms with Crippen molar-refractivity contribution in [2.45, 2.75) is 55.8 Å². The van der Waals surface area contributed by atoms with Crippen molar-refractivity contribution in [3.05, 3.63) is 64.2 Å². The molecular weight excluding hydrogens is 378 g/mol. The van der Waals surface area contributed by atoms with Gasteiger partial charge in [-0.2, -0.15) is 4.31 Å². The van der Waals surface area contributed by atoms with Crippen LogP contribution in [0, 0.1) is 0 Å². The number of nitrogens with zero attached hydrogens (tertiary/aromatic N) is 1. The third-order valence-electron chi connectivity index (χ3n) is 5.93. The maximum absolute atomic E-state index is 13.4. The highest BCUT2D eigenvalue weighted by atomic mass is 35.5. The summed E-state index contributed by atoms with van der Waals surface area (Å²) >= 11 is 6.02. The topological polar surface area (TPSA) is 37.4 Å². The van der Waals surface area contributed by atoms with Gasteiger partial charge in [0.25, 0.3) is 0 Å². The second kappa shape index (κ2) is 7.94. The van der Waals surface area contributed by atoms with E-state index < -0.39 is 10.0 Å². The molecular formula is C22H26ClNO2S. The SMILES string of the molecule is O=S(=O)(c1ccc2c(c1)CCCC2)N1CCCCC(c2ccc(Cl)cc2)C1. The fourth-order valence-corrected chi connectivity index (χ4v) is 6.05. The van der Waals surface area contributed by atoms with Gasteiger partial charge < -0.3 is 0 Å². The molecule has 0 radical (unpaired) electrons. The first-order valence-corrected chi connectivity index (χ1v) is 11.7. The number of aryl methyl sites for hydroxylation is 2. The van der Waals surface area contributed by atoms with Crippen molar-refractivity contribution in [1.29, 1.82) is 0 Å². The molecule has 1 aliphatic carbocycles. The Morgan fingerprint density at radius 3 is 2.41 bits per heavy atom. The summed E-state index contributed by atoms with van der Waals surface area (Å²) in [4.78, 5) is 0.458. The number of benzene rings is 2. The summed E-state index contributed by atoms with van der Waals surface area (Å²) in [6, 6.07) is 13.6. The van der Waals surface area contributed by atoms with Crippen LogP contribution < -0.4 is 0 Å². The molecule has 0 aromatic heterocycles. The van der Waals surface area contributed by atoms with Crippen LogP contribution in [0.25, 0.3) is 0 Å². The quantitative estimate of drug-likeness (QED) is 0.708. The van der Waals surface area contributed by atoms with E-state index in [0.29, 0.717) is 23.0 Å². The Kier molecular flexibility index (Phi) is 5.58. The molecule has 0 N–H and O–H groups in total. The zero-order chi connectivity index (χ0) is 18.9. The Bertz CT molecular complexity index is 908. The predicted octanol–water partition coefficient (Wildman–Crippen LogP) is 5.18. The van der Waals surface area contributed by atoms with Crippen LogP contribution in [0.15, 0.2) is 47.4 Å². The fraction of sp³-hybridized carbons (Fsp3) is 0.455. The lowest BCUT2D eigenvalue weighted by atomic mass is 9.92. The highest BCUT2D eigenvalue weighted by Crippen LogP contribution is 2.31. The Labute approximate surface area is 167 Å². The van der Waals surface area contributed by atoms with E-state index in [1.807, 2.05) is 42.5 Å². The molecule has 2 aliphatic rings. The van der Waals surface area contributed by atoms with E-state index in [1.165, 1.54) is 23.1 Å². The van der Waals surface area contributed by atoms with Gasteiger partial charge in [-0.05, 0) is 85.4 Å². The molecule has 3 nitrogen and oxygen atoms in total. The van der Waals surface area contributed by atoms with E-state index in [-0.39, 0.29) is 5.92 Å². The molecule has 1 unspecified atom stereocenters. The van der Waals surface area contributed by atoms with Crippen LogP contribution >= 0.6 is 11.6 Å². The van der Waals surface area contributed by atoms with Gasteiger partial charge in [-0.3, -0.25) is 0 Å². The zero-order valence-electron chi connectivity index (χ0n) is 15.5. The number of hydrogen-bond acceptors (Lipinski definition) is 2. The van der Waals surface area contributed by atoms with Crippen molar-refractivity contribution in [2.24, 2.45) is 0 Å². The molecule has 0 spiro atoms. The highest BCUT2D eigenvalue weighted by Gasteiger charge is 2.30. The molecule has 4 rings (SSSR count). The molecule has 2 aromatic carbocycles. The van der Waals surface area contributed by atoms with E-state index in [0.717, 1.165) is 38.5 Å². The van der Waals surface area contributed by atoms with Crippen molar-refractivity contribution in [3.8, 4) is 0 Å². The molecule has 5 heteroatoms. The van der Waals surface area contributed by atoms with Gasteiger partial charge in [0.2, 0.25) is 10.0 Å². The van der Waals surface area contributed by atoms with E-state index >= 15 is 0 Å². The van der Waals surface area contributed by atoms with E-state index in [2.05, 4.69) is 0 Å². The predicted molar refractivity (Wildman–Crippen MR) is 110 cm³/mol. The molecule has 1 heterocycles. The summed E-state index contributed by atoms with van der Waals surface area (Å²) in [7, 11) is -3.46. The van der Waals surface area contributed by atoms with Gasteiger partial charge in [-0.25, -0.2) is 8.42 Å². The minimum Gasteiger partial charge on any atom is -0.207 e. The second-order valence-corrected chi connectivity index (χ2v) is 10.1. The van der Waals surface area contributed by atoms with Crippen LogP contribution in [0.1, 0.15) is 54.7 Å². The Morgan fingerprint density at radius 2 is 1.63 bits per heavy atom. The molecule has 1 aliphatic heterocycles. The van der Waals surface area contributed by atoms with Crippen LogP contribution in [-0.2, 0) is 22.9 Å². The fourth-order valence-electron chi connectivity index (χ4n) is 4.35. The van der Waals surface area contributed by atoms with Crippen LogP contribution in [0.3, 0.4) is 0 Å². The van der Waals surface area contributed by atoms with Crippen molar-refractivity contribution in [2.75, 3.05) is 13.1 Å². The minimum absolute atomic E-state index is 0.220. The maximum atomic E-state index is 13.4. The van der Waals surface area contributed by atoms with Gasteiger partial charge in [0, 0.05) is 18.1 Å². The van der Waals surface area contributed by atoms with Crippen LogP contribution in [-0.4, -0.2) is 25.8 Å². The molecule has 1 atom stereocenters. The van der Waals surface area contributed by atoms with Crippen molar-refractivity contribution in [1.82, 2.24) is 4.31 Å². The number of sulfonamides is 1. The Hall–Kier alpha value is -1.36. The van der Waals surface area contributed by atoms with Gasteiger partial charge in [-0.1, -0.05) is 36.2 Å². The molecule has 1 saturated heterocycles. The van der Waals surface area contributed by atoms with Gasteiger partial charge in [0.05, 0.1) is 4.90 Å². The standard InChI is InChI=1S/C22H26ClNO2S/c23-21-11-8-18(9-12-21)20-7-3-4-14-24(16-20)27(25,26)22-13-10-17-5-1-2-6-19(17)15-22/h8-13,15,20H,1-7,14,16H2. The van der Waals surface area contributed by atoms with Crippen molar-refractivity contribution < 1.29 is 8.42 Å². The normalized spacial score (nSPS) is 21.4. The summed E-state index contributed by atoms with van der Waals surface area (Å²) in [6.07, 6.45) is 7.38. The Balaban J connectivity index is 1.61. The summed E-state index contributed by atoms with van der Waals surface area (Å²) in [5.74, 6) is 0.220. The van der Waals surface area contributed by atoms with Gasteiger partial charge in [0.1, 0.15) is 0 Å². The lowest BCUT2D eigenvalue weighted by Gasteiger charge is -2.25. The molecule has 0 saturated carbocycles. The lowest BCUT2D eigenvalue weighted by Crippen LogP contribution is -2.34. The molecule has 27 heavy (non-hydrogen) atoms. The lowest BCUT2D eigenvalue weighted by molar-refractivity contribution is 0.406. The summed E-state index contributed by atoms with van der Waals surface area (Å²) in [6.45, 7) is 1.14. The first kappa shape index (κ1) is 19.0. The van der Waals surface area contributed by atoms with Crippen molar-refractivity contribution >= 4 is 21.6 Å². The van der Waals surface area contributed by atoms with Crippen LogP contribution in [0.4, 0.5) is 0 Å². The largest absolute Gasteiger partial charge is 0.243 e. The third-order valence-corrected chi connectivity index (χ3v) is 8.05. The summed E-state index contributed by atoms with van der Waals surface area (Å²) < 4.78 is 28.4. The van der Waals surface area contributed by atoms with Gasteiger partial charge in [0.15, 0.2) is 0 Å². The average molecular weight is 404 g/mol. The van der Waals surface area contributed by atoms with E-state index in [4.69, 9.17) is 11.6 Å². The monoisotopic (exact) mass is 403 g/mol. The Morgan fingerprint density at radius 1 is 0.889 bits per heavy atom. The zero-order valence-corrected chi connectivity index (χ0v) is 17.1. The van der Waals surface area contributed by atoms with Gasteiger partial charge >= 0.3 is 0 Å². The summed E-state index contributed by atoms with van der Waals surface area (Å²) in [5, 5.41) is 0.714. The molecule has 1 fully saturated rings. The number of rotatable bonds is 3. The highest BCUT2D eigenvalue weighted by molar-refractivity contribution is 7.89. The smallest absolute Gasteiger partial charge is 0.207 e. The van der Waals surface area contributed by atoms with Crippen LogP contribution in [0.2, 0.25) is 5.02 Å². The molecule has 2 aromatic rings. The third kappa shape index (κ3) is 4.08. The first-order chi connectivity index (χ1) is 13.0. The molecule has 144 valence electrons. The second-order valence-electron chi connectivity index (χ2n) is 7.74. The average Bonchev–Trinajstić information content (AvgIpc) is 2.95. The molecule has 0 amide bonds. The first-order valence-electron chi connectivity index (χ1n) is 9.91. The summed E-state index contributed by atoms with van der Waals surface area (Å²) in [5.41, 5.74) is 3.70. The van der Waals surface area contributed by atoms with E-state index in [1.54, 1.807) is 4.31 Å². The van der Waals surface area contributed by atoms with E-state index in [9.17, 15) is 8.42 Å². The van der Waals surface area contributed by atoms with Crippen molar-refractivity contribution in [3.63, 3.8) is 0 Å². The van der Waals surface area contributed by atoms with Gasteiger partial charge in [-0.15, -0.1) is 0 Å². The minimum atomic E-state index is -3.46. The van der Waals surface area contributed by atoms with Crippen LogP contribution in [0.5, 0.6) is 0 Å². The molecule has 0 bridgehead atoms. The number of halogens is 1. The maximum Gasteiger partial charge on any atom is 0.243 e. The number of hydrogen-bond donors (Lipinski definition) is 0.